The molecule has 31 heavy (non-hydrogen) atoms. The number of halogens is 1. The minimum atomic E-state index is -3.56. The first-order valence-corrected chi connectivity index (χ1v) is 12.7. The van der Waals surface area contributed by atoms with Crippen molar-refractivity contribution in [1.82, 2.24) is 9.47 Å². The zero-order chi connectivity index (χ0) is 22.2. The number of hydrogen-bond donors (Lipinski definition) is 1. The fourth-order valence-electron chi connectivity index (χ4n) is 3.63. The number of thiazole rings is 1. The minimum absolute atomic E-state index is 0.0359. The third-order valence-electron chi connectivity index (χ3n) is 5.49. The lowest BCUT2D eigenvalue weighted by Gasteiger charge is -2.35. The standard InChI is InChI=1S/C21H23ClN4O3S2/c1-24-14-20(30-21(24)23)26-9-7-25(8-10-26)19(27)6-11-31(28,29)18-5-3-15-12-17(22)4-2-16(15)13-18/h2-5,12-14,23H,6-11H2,1H3. The van der Waals surface area contributed by atoms with Gasteiger partial charge in [-0.3, -0.25) is 10.2 Å². The van der Waals surface area contributed by atoms with Crippen molar-refractivity contribution in [2.75, 3.05) is 36.8 Å². The Kier molecular flexibility index (Phi) is 6.09. The summed E-state index contributed by atoms with van der Waals surface area (Å²) in [5.74, 6) is -0.359. The van der Waals surface area contributed by atoms with E-state index in [-0.39, 0.29) is 23.0 Å². The van der Waals surface area contributed by atoms with Crippen molar-refractivity contribution in [3.63, 3.8) is 0 Å². The highest BCUT2D eigenvalue weighted by Crippen LogP contribution is 2.24. The molecule has 1 fully saturated rings. The summed E-state index contributed by atoms with van der Waals surface area (Å²) in [6.45, 7) is 2.44. The second-order valence-corrected chi connectivity index (χ2v) is 11.1. The Morgan fingerprint density at radius 2 is 1.77 bits per heavy atom. The summed E-state index contributed by atoms with van der Waals surface area (Å²) in [4.78, 5) is 17.2. The molecule has 0 atom stereocenters. The van der Waals surface area contributed by atoms with E-state index in [2.05, 4.69) is 4.90 Å². The molecule has 1 saturated heterocycles. The molecule has 0 aliphatic carbocycles. The molecule has 0 unspecified atom stereocenters. The van der Waals surface area contributed by atoms with Crippen LogP contribution in [0.25, 0.3) is 10.8 Å². The van der Waals surface area contributed by atoms with Gasteiger partial charge in [-0.25, -0.2) is 8.42 Å². The monoisotopic (exact) mass is 478 g/mol. The molecule has 7 nitrogen and oxygen atoms in total. The molecule has 2 aromatic carbocycles. The Labute approximate surface area is 189 Å². The number of anilines is 1. The molecule has 1 amide bonds. The first-order chi connectivity index (χ1) is 14.7. The van der Waals surface area contributed by atoms with Crippen molar-refractivity contribution < 1.29 is 13.2 Å². The number of sulfone groups is 1. The summed E-state index contributed by atoms with van der Waals surface area (Å²) in [6, 6.07) is 10.2. The number of benzene rings is 2. The number of nitrogens with one attached hydrogen (secondary N) is 1. The van der Waals surface area contributed by atoms with Crippen LogP contribution in [0.4, 0.5) is 5.00 Å². The summed E-state index contributed by atoms with van der Waals surface area (Å²) in [7, 11) is -1.72. The Hall–Kier alpha value is -2.36. The third-order valence-corrected chi connectivity index (χ3v) is 8.49. The van der Waals surface area contributed by atoms with Gasteiger partial charge in [0.05, 0.1) is 10.6 Å². The molecule has 3 aromatic rings. The summed E-state index contributed by atoms with van der Waals surface area (Å²) in [6.07, 6.45) is 1.89. The second-order valence-electron chi connectivity index (χ2n) is 7.58. The Balaban J connectivity index is 1.36. The summed E-state index contributed by atoms with van der Waals surface area (Å²) < 4.78 is 27.3. The number of carbonyl (C=O) groups is 1. The molecule has 0 saturated carbocycles. The van der Waals surface area contributed by atoms with Gasteiger partial charge in [0.1, 0.15) is 5.00 Å². The Morgan fingerprint density at radius 1 is 1.10 bits per heavy atom. The highest BCUT2D eigenvalue weighted by Gasteiger charge is 2.24. The molecular formula is C21H23ClN4O3S2. The molecule has 0 spiro atoms. The largest absolute Gasteiger partial charge is 0.359 e. The quantitative estimate of drug-likeness (QED) is 0.611. The van der Waals surface area contributed by atoms with Crippen LogP contribution in [0.2, 0.25) is 5.02 Å². The van der Waals surface area contributed by atoms with Crippen LogP contribution in [0, 0.1) is 5.41 Å². The van der Waals surface area contributed by atoms with Gasteiger partial charge in [0.2, 0.25) is 5.91 Å². The average molecular weight is 479 g/mol. The zero-order valence-corrected chi connectivity index (χ0v) is 19.4. The number of aromatic nitrogens is 1. The van der Waals surface area contributed by atoms with E-state index in [0.717, 1.165) is 15.8 Å². The number of hydrogen-bond acceptors (Lipinski definition) is 6. The van der Waals surface area contributed by atoms with Gasteiger partial charge in [0.15, 0.2) is 14.6 Å². The number of amides is 1. The molecule has 0 radical (unpaired) electrons. The van der Waals surface area contributed by atoms with Gasteiger partial charge in [0.25, 0.3) is 0 Å². The summed E-state index contributed by atoms with van der Waals surface area (Å²) in [5, 5.41) is 11.1. The first-order valence-electron chi connectivity index (χ1n) is 9.89. The van der Waals surface area contributed by atoms with Crippen LogP contribution in [0.1, 0.15) is 6.42 Å². The number of aryl methyl sites for hydroxylation is 1. The SMILES string of the molecule is Cn1cc(N2CCN(C(=O)CCS(=O)(=O)c3ccc4cc(Cl)ccc4c3)CC2)sc1=N. The van der Waals surface area contributed by atoms with E-state index in [1.165, 1.54) is 11.3 Å². The highest BCUT2D eigenvalue weighted by molar-refractivity contribution is 7.91. The van der Waals surface area contributed by atoms with E-state index in [4.69, 9.17) is 17.0 Å². The number of piperazine rings is 1. The maximum absolute atomic E-state index is 12.8. The van der Waals surface area contributed by atoms with Gasteiger partial charge in [-0.15, -0.1) is 0 Å². The van der Waals surface area contributed by atoms with Crippen molar-refractivity contribution in [2.24, 2.45) is 7.05 Å². The number of carbonyl (C=O) groups excluding carboxylic acids is 1. The minimum Gasteiger partial charge on any atom is -0.359 e. The van der Waals surface area contributed by atoms with Crippen molar-refractivity contribution >= 4 is 54.5 Å². The third kappa shape index (κ3) is 4.78. The van der Waals surface area contributed by atoms with Crippen LogP contribution in [0.3, 0.4) is 0 Å². The molecule has 10 heteroatoms. The van der Waals surface area contributed by atoms with E-state index >= 15 is 0 Å². The molecule has 1 aliphatic heterocycles. The molecular weight excluding hydrogens is 456 g/mol. The lowest BCUT2D eigenvalue weighted by Crippen LogP contribution is -2.48. The summed E-state index contributed by atoms with van der Waals surface area (Å²) in [5.41, 5.74) is 0. The van der Waals surface area contributed by atoms with Crippen LogP contribution < -0.4 is 9.70 Å². The normalized spacial score (nSPS) is 14.9. The van der Waals surface area contributed by atoms with Crippen molar-refractivity contribution in [3.8, 4) is 0 Å². The topological polar surface area (TPSA) is 86.5 Å². The second kappa shape index (κ2) is 8.64. The molecule has 1 N–H and O–H groups in total. The van der Waals surface area contributed by atoms with Crippen LogP contribution in [0.5, 0.6) is 0 Å². The van der Waals surface area contributed by atoms with Gasteiger partial charge in [0, 0.05) is 50.9 Å². The van der Waals surface area contributed by atoms with E-state index in [0.29, 0.717) is 36.0 Å². The fraction of sp³-hybridized carbons (Fsp3) is 0.333. The molecule has 4 rings (SSSR count). The van der Waals surface area contributed by atoms with Crippen LogP contribution in [-0.2, 0) is 21.7 Å². The Morgan fingerprint density at radius 3 is 2.45 bits per heavy atom. The van der Waals surface area contributed by atoms with Crippen molar-refractivity contribution in [3.05, 3.63) is 52.4 Å². The number of rotatable bonds is 5. The number of fused-ring (bicyclic) bond motifs is 1. The fourth-order valence-corrected chi connectivity index (χ4v) is 5.99. The number of nitrogens with zero attached hydrogens (tertiary/aromatic N) is 3. The zero-order valence-electron chi connectivity index (χ0n) is 17.0. The highest BCUT2D eigenvalue weighted by atomic mass is 35.5. The maximum atomic E-state index is 12.8. The van der Waals surface area contributed by atoms with Crippen LogP contribution in [-0.4, -0.2) is 55.7 Å². The average Bonchev–Trinajstić information content (AvgIpc) is 3.10. The van der Waals surface area contributed by atoms with Crippen molar-refractivity contribution in [2.45, 2.75) is 11.3 Å². The Bertz CT molecular complexity index is 1290. The van der Waals surface area contributed by atoms with Crippen LogP contribution >= 0.6 is 22.9 Å². The first kappa shape index (κ1) is 21.9. The van der Waals surface area contributed by atoms with E-state index in [1.807, 2.05) is 13.2 Å². The van der Waals surface area contributed by atoms with Gasteiger partial charge in [-0.05, 0) is 35.0 Å². The lowest BCUT2D eigenvalue weighted by molar-refractivity contribution is -0.131. The maximum Gasteiger partial charge on any atom is 0.223 e. The lowest BCUT2D eigenvalue weighted by atomic mass is 10.1. The molecule has 1 aliphatic rings. The van der Waals surface area contributed by atoms with Gasteiger partial charge >= 0.3 is 0 Å². The van der Waals surface area contributed by atoms with Gasteiger partial charge < -0.3 is 14.4 Å². The molecule has 164 valence electrons. The van der Waals surface area contributed by atoms with E-state index < -0.39 is 9.84 Å². The predicted molar refractivity (Wildman–Crippen MR) is 124 cm³/mol. The summed E-state index contributed by atoms with van der Waals surface area (Å²) >= 11 is 7.39. The molecule has 2 heterocycles. The predicted octanol–water partition coefficient (Wildman–Crippen LogP) is 2.89. The molecule has 0 bridgehead atoms. The van der Waals surface area contributed by atoms with E-state index in [1.54, 1.807) is 45.9 Å². The van der Waals surface area contributed by atoms with Crippen molar-refractivity contribution in [1.29, 1.82) is 5.41 Å². The smallest absolute Gasteiger partial charge is 0.223 e. The molecule has 1 aromatic heterocycles. The van der Waals surface area contributed by atoms with E-state index in [9.17, 15) is 13.2 Å². The van der Waals surface area contributed by atoms with Gasteiger partial charge in [-0.1, -0.05) is 35.1 Å². The van der Waals surface area contributed by atoms with Crippen LogP contribution in [0.15, 0.2) is 47.5 Å². The van der Waals surface area contributed by atoms with Gasteiger partial charge in [-0.2, -0.15) is 0 Å².